The molecule has 9 heteroatoms. The molecule has 1 rings (SSSR count). The SMILES string of the molecule is COc1ccc(/C=N/N=C(\N)N[N+](=O)[O-])cc1O. The molecule has 4 N–H and O–H groups in total. The fourth-order valence-electron chi connectivity index (χ4n) is 1.06. The van der Waals surface area contributed by atoms with E-state index < -0.39 is 11.0 Å². The third-order valence-electron chi connectivity index (χ3n) is 1.78. The molecule has 0 unspecified atom stereocenters. The first-order valence-electron chi connectivity index (χ1n) is 4.67. The van der Waals surface area contributed by atoms with Crippen LogP contribution in [0.3, 0.4) is 0 Å². The zero-order chi connectivity index (χ0) is 13.5. The number of hydrogen-bond donors (Lipinski definition) is 3. The predicted molar refractivity (Wildman–Crippen MR) is 64.0 cm³/mol. The summed E-state index contributed by atoms with van der Waals surface area (Å²) in [6.07, 6.45) is 1.27. The Morgan fingerprint density at radius 2 is 2.39 bits per heavy atom. The molecule has 0 radical (unpaired) electrons. The van der Waals surface area contributed by atoms with Gasteiger partial charge in [-0.15, -0.1) is 5.10 Å². The molecule has 0 spiro atoms. The van der Waals surface area contributed by atoms with E-state index in [1.165, 1.54) is 19.4 Å². The van der Waals surface area contributed by atoms with Crippen LogP contribution in [0.15, 0.2) is 28.4 Å². The fraction of sp³-hybridized carbons (Fsp3) is 0.111. The molecule has 9 nitrogen and oxygen atoms in total. The third kappa shape index (κ3) is 3.96. The number of methoxy groups -OCH3 is 1. The summed E-state index contributed by atoms with van der Waals surface area (Å²) in [6, 6.07) is 4.56. The molecule has 0 atom stereocenters. The van der Waals surface area contributed by atoms with Crippen LogP contribution in [0.5, 0.6) is 11.5 Å². The van der Waals surface area contributed by atoms with Crippen molar-refractivity contribution in [3.05, 3.63) is 33.9 Å². The minimum absolute atomic E-state index is 0.0539. The number of rotatable bonds is 4. The van der Waals surface area contributed by atoms with Crippen LogP contribution in [-0.2, 0) is 0 Å². The first-order chi connectivity index (χ1) is 8.52. The highest BCUT2D eigenvalue weighted by atomic mass is 16.7. The molecule has 0 amide bonds. The topological polar surface area (TPSA) is 135 Å². The molecular weight excluding hydrogens is 242 g/mol. The smallest absolute Gasteiger partial charge is 0.275 e. The number of nitrogens with two attached hydrogens (primary N) is 1. The van der Waals surface area contributed by atoms with Crippen molar-refractivity contribution in [1.29, 1.82) is 0 Å². The van der Waals surface area contributed by atoms with Crippen LogP contribution in [-0.4, -0.2) is 29.4 Å². The summed E-state index contributed by atoms with van der Waals surface area (Å²) in [5, 5.41) is 25.4. The van der Waals surface area contributed by atoms with E-state index in [1.54, 1.807) is 17.6 Å². The van der Waals surface area contributed by atoms with Crippen molar-refractivity contribution in [3.8, 4) is 11.5 Å². The van der Waals surface area contributed by atoms with E-state index in [4.69, 9.17) is 10.5 Å². The van der Waals surface area contributed by atoms with Crippen molar-refractivity contribution in [1.82, 2.24) is 5.43 Å². The van der Waals surface area contributed by atoms with Gasteiger partial charge in [0.25, 0.3) is 5.96 Å². The number of guanidine groups is 1. The van der Waals surface area contributed by atoms with E-state index in [0.717, 1.165) is 0 Å². The maximum absolute atomic E-state index is 9.99. The van der Waals surface area contributed by atoms with Gasteiger partial charge in [0.15, 0.2) is 16.5 Å². The van der Waals surface area contributed by atoms with E-state index in [1.807, 2.05) is 0 Å². The summed E-state index contributed by atoms with van der Waals surface area (Å²) < 4.78 is 4.86. The van der Waals surface area contributed by atoms with Gasteiger partial charge in [0.1, 0.15) is 0 Å². The van der Waals surface area contributed by atoms with Gasteiger partial charge in [0.2, 0.25) is 0 Å². The molecule has 0 fully saturated rings. The summed E-state index contributed by atoms with van der Waals surface area (Å²) in [7, 11) is 1.43. The van der Waals surface area contributed by atoms with E-state index in [0.29, 0.717) is 11.3 Å². The van der Waals surface area contributed by atoms with Crippen molar-refractivity contribution in [2.75, 3.05) is 7.11 Å². The summed E-state index contributed by atoms with van der Waals surface area (Å²) in [6.45, 7) is 0. The summed E-state index contributed by atoms with van der Waals surface area (Å²) in [5.41, 5.74) is 7.29. The number of nitrogens with one attached hydrogen (secondary N) is 1. The zero-order valence-corrected chi connectivity index (χ0v) is 9.40. The summed E-state index contributed by atoms with van der Waals surface area (Å²) >= 11 is 0. The van der Waals surface area contributed by atoms with E-state index in [2.05, 4.69) is 10.2 Å². The highest BCUT2D eigenvalue weighted by molar-refractivity contribution is 5.82. The molecular formula is C9H11N5O4. The van der Waals surface area contributed by atoms with Gasteiger partial charge in [-0.25, -0.2) is 10.1 Å². The number of benzene rings is 1. The molecule has 96 valence electrons. The molecule has 0 bridgehead atoms. The second-order valence-electron chi connectivity index (χ2n) is 3.03. The Kier molecular flexibility index (Phi) is 4.43. The first-order valence-corrected chi connectivity index (χ1v) is 4.67. The van der Waals surface area contributed by atoms with Crippen molar-refractivity contribution in [2.24, 2.45) is 15.9 Å². The Balaban J connectivity index is 2.73. The highest BCUT2D eigenvalue weighted by Crippen LogP contribution is 2.25. The Hall–Kier alpha value is -2.84. The molecule has 1 aromatic rings. The van der Waals surface area contributed by atoms with E-state index in [-0.39, 0.29) is 5.75 Å². The lowest BCUT2D eigenvalue weighted by molar-refractivity contribution is -0.525. The van der Waals surface area contributed by atoms with Gasteiger partial charge in [-0.3, -0.25) is 0 Å². The van der Waals surface area contributed by atoms with Gasteiger partial charge < -0.3 is 15.6 Å². The molecule has 0 aliphatic heterocycles. The van der Waals surface area contributed by atoms with Crippen LogP contribution < -0.4 is 15.9 Å². The fourth-order valence-corrected chi connectivity index (χ4v) is 1.06. The Labute approximate surface area is 102 Å². The van der Waals surface area contributed by atoms with Gasteiger partial charge in [-0.1, -0.05) is 5.43 Å². The zero-order valence-electron chi connectivity index (χ0n) is 9.40. The second kappa shape index (κ2) is 6.03. The Bertz CT molecular complexity index is 500. The molecule has 0 heterocycles. The standard InChI is InChI=1S/C9H11N5O4/c1-18-8-3-2-6(4-7(8)15)5-11-12-9(10)13-14(16)17/h2-5,15H,1H3,(H3,10,12,13)/b11-5+. The molecule has 0 aliphatic carbocycles. The number of phenolic OH excluding ortho intramolecular Hbond substituents is 1. The summed E-state index contributed by atoms with van der Waals surface area (Å²) in [5.74, 6) is -0.180. The average molecular weight is 253 g/mol. The van der Waals surface area contributed by atoms with Gasteiger partial charge in [-0.05, 0) is 23.8 Å². The number of aromatic hydroxyl groups is 1. The lowest BCUT2D eigenvalue weighted by Gasteiger charge is -2.02. The predicted octanol–water partition coefficient (Wildman–Crippen LogP) is -0.169. The number of ether oxygens (including phenoxy) is 1. The quantitative estimate of drug-likeness (QED) is 0.295. The number of phenols is 1. The first kappa shape index (κ1) is 13.2. The maximum atomic E-state index is 9.99. The molecule has 18 heavy (non-hydrogen) atoms. The summed E-state index contributed by atoms with van der Waals surface area (Å²) in [4.78, 5) is 9.99. The lowest BCUT2D eigenvalue weighted by atomic mass is 10.2. The molecule has 0 aliphatic rings. The van der Waals surface area contributed by atoms with E-state index in [9.17, 15) is 15.2 Å². The minimum atomic E-state index is -0.854. The number of nitro groups is 1. The van der Waals surface area contributed by atoms with Crippen LogP contribution in [0.1, 0.15) is 5.56 Å². The van der Waals surface area contributed by atoms with Crippen molar-refractivity contribution >= 4 is 12.2 Å². The van der Waals surface area contributed by atoms with Gasteiger partial charge in [-0.2, -0.15) is 5.10 Å². The van der Waals surface area contributed by atoms with Crippen molar-refractivity contribution in [3.63, 3.8) is 0 Å². The van der Waals surface area contributed by atoms with Crippen LogP contribution in [0, 0.1) is 10.1 Å². The van der Waals surface area contributed by atoms with Crippen molar-refractivity contribution in [2.45, 2.75) is 0 Å². The van der Waals surface area contributed by atoms with Gasteiger partial charge in [0.05, 0.1) is 13.3 Å². The van der Waals surface area contributed by atoms with Crippen LogP contribution in [0.25, 0.3) is 0 Å². The van der Waals surface area contributed by atoms with Gasteiger partial charge >= 0.3 is 0 Å². The lowest BCUT2D eigenvalue weighted by Crippen LogP contribution is -2.35. The molecule has 0 saturated carbocycles. The third-order valence-corrected chi connectivity index (χ3v) is 1.78. The Morgan fingerprint density at radius 3 is 2.94 bits per heavy atom. The van der Waals surface area contributed by atoms with Crippen LogP contribution >= 0.6 is 0 Å². The second-order valence-corrected chi connectivity index (χ2v) is 3.03. The normalized spacial score (nSPS) is 11.5. The van der Waals surface area contributed by atoms with E-state index >= 15 is 0 Å². The average Bonchev–Trinajstić information content (AvgIpc) is 2.28. The number of nitrogens with zero attached hydrogens (tertiary/aromatic N) is 3. The number of hydrogen-bond acceptors (Lipinski definition) is 6. The highest BCUT2D eigenvalue weighted by Gasteiger charge is 2.00. The molecule has 1 aromatic carbocycles. The molecule has 0 aromatic heterocycles. The minimum Gasteiger partial charge on any atom is -0.504 e. The van der Waals surface area contributed by atoms with Crippen LogP contribution in [0.2, 0.25) is 0 Å². The van der Waals surface area contributed by atoms with Crippen LogP contribution in [0.4, 0.5) is 0 Å². The largest absolute Gasteiger partial charge is 0.504 e. The van der Waals surface area contributed by atoms with Crippen molar-refractivity contribution < 1.29 is 14.9 Å². The number of hydrazine groups is 1. The molecule has 0 saturated heterocycles. The Morgan fingerprint density at radius 1 is 1.67 bits per heavy atom. The monoisotopic (exact) mass is 253 g/mol. The van der Waals surface area contributed by atoms with Gasteiger partial charge in [0, 0.05) is 0 Å². The maximum Gasteiger partial charge on any atom is 0.275 e.